The summed E-state index contributed by atoms with van der Waals surface area (Å²) >= 11 is 5.98. The minimum absolute atomic E-state index is 0. The lowest BCUT2D eigenvalue weighted by molar-refractivity contribution is 0.0836. The summed E-state index contributed by atoms with van der Waals surface area (Å²) in [6.45, 7) is 1.78. The lowest BCUT2D eigenvalue weighted by atomic mass is 9.90. The van der Waals surface area contributed by atoms with E-state index in [4.69, 9.17) is 17.3 Å². The summed E-state index contributed by atoms with van der Waals surface area (Å²) in [5.74, 6) is 0.377. The van der Waals surface area contributed by atoms with Gasteiger partial charge in [0.25, 0.3) is 0 Å². The van der Waals surface area contributed by atoms with Crippen LogP contribution in [0.3, 0.4) is 0 Å². The van der Waals surface area contributed by atoms with Crippen LogP contribution in [0.1, 0.15) is 42.9 Å². The number of aliphatic hydroxyl groups is 1. The molecule has 0 aromatic heterocycles. The second kappa shape index (κ2) is 6.80. The zero-order chi connectivity index (χ0) is 13.3. The number of aromatic hydroxyl groups is 1. The Morgan fingerprint density at radius 3 is 2.47 bits per heavy atom. The molecular weight excluding hydrogens is 285 g/mol. The SMILES string of the molecule is Cc1cc(Cl)cc([C@H](N)[C@H](O)C2CCCC2)c1O.Cl. The molecule has 3 nitrogen and oxygen atoms in total. The van der Waals surface area contributed by atoms with Crippen molar-refractivity contribution in [3.05, 3.63) is 28.3 Å². The minimum atomic E-state index is -0.615. The van der Waals surface area contributed by atoms with Crippen LogP contribution in [0.25, 0.3) is 0 Å². The number of hydrogen-bond donors (Lipinski definition) is 3. The predicted molar refractivity (Wildman–Crippen MR) is 80.0 cm³/mol. The van der Waals surface area contributed by atoms with Gasteiger partial charge in [-0.2, -0.15) is 0 Å². The van der Waals surface area contributed by atoms with Crippen molar-refractivity contribution in [2.45, 2.75) is 44.8 Å². The molecule has 108 valence electrons. The molecule has 2 rings (SSSR count). The van der Waals surface area contributed by atoms with Crippen molar-refractivity contribution in [3.63, 3.8) is 0 Å². The normalized spacial score (nSPS) is 18.9. The van der Waals surface area contributed by atoms with Gasteiger partial charge in [0.05, 0.1) is 12.1 Å². The third-order valence-electron chi connectivity index (χ3n) is 3.90. The van der Waals surface area contributed by atoms with Gasteiger partial charge >= 0.3 is 0 Å². The molecule has 1 fully saturated rings. The molecule has 0 amide bonds. The van der Waals surface area contributed by atoms with Crippen molar-refractivity contribution in [2.75, 3.05) is 0 Å². The molecule has 0 bridgehead atoms. The Bertz CT molecular complexity index is 434. The fourth-order valence-electron chi connectivity index (χ4n) is 2.79. The zero-order valence-electron chi connectivity index (χ0n) is 11.0. The molecule has 0 saturated heterocycles. The topological polar surface area (TPSA) is 66.5 Å². The number of aliphatic hydroxyl groups excluding tert-OH is 1. The van der Waals surface area contributed by atoms with E-state index in [9.17, 15) is 10.2 Å². The minimum Gasteiger partial charge on any atom is -0.507 e. The van der Waals surface area contributed by atoms with E-state index in [2.05, 4.69) is 0 Å². The van der Waals surface area contributed by atoms with Crippen LogP contribution in [0.2, 0.25) is 5.02 Å². The Balaban J connectivity index is 0.00000180. The van der Waals surface area contributed by atoms with Gasteiger partial charge in [-0.25, -0.2) is 0 Å². The molecule has 0 heterocycles. The highest BCUT2D eigenvalue weighted by atomic mass is 35.5. The van der Waals surface area contributed by atoms with Crippen LogP contribution >= 0.6 is 24.0 Å². The van der Waals surface area contributed by atoms with Crippen LogP contribution in [0.4, 0.5) is 0 Å². The third kappa shape index (κ3) is 3.54. The fourth-order valence-corrected chi connectivity index (χ4v) is 3.07. The number of hydrogen-bond acceptors (Lipinski definition) is 3. The predicted octanol–water partition coefficient (Wildman–Crippen LogP) is 3.33. The fraction of sp³-hybridized carbons (Fsp3) is 0.571. The number of benzene rings is 1. The average molecular weight is 306 g/mol. The van der Waals surface area contributed by atoms with E-state index in [-0.39, 0.29) is 24.1 Å². The molecule has 0 unspecified atom stereocenters. The number of phenols is 1. The Labute approximate surface area is 125 Å². The van der Waals surface area contributed by atoms with E-state index < -0.39 is 12.1 Å². The molecule has 5 heteroatoms. The van der Waals surface area contributed by atoms with E-state index in [0.717, 1.165) is 25.7 Å². The summed E-state index contributed by atoms with van der Waals surface area (Å²) in [5, 5.41) is 20.9. The first kappa shape index (κ1) is 16.6. The Hall–Kier alpha value is -0.480. The largest absolute Gasteiger partial charge is 0.507 e. The number of nitrogens with two attached hydrogens (primary N) is 1. The second-order valence-corrected chi connectivity index (χ2v) is 5.66. The molecule has 19 heavy (non-hydrogen) atoms. The standard InChI is InChI=1S/C14H20ClNO2.ClH/c1-8-6-10(15)7-11(13(8)17)12(16)14(18)9-4-2-3-5-9;/h6-7,9,12,14,17-18H,2-5,16H2,1H3;1H/t12-,14+;/m0./s1. The molecule has 1 aromatic rings. The van der Waals surface area contributed by atoms with E-state index in [0.29, 0.717) is 16.1 Å². The summed E-state index contributed by atoms with van der Waals surface area (Å²) in [5.41, 5.74) is 7.32. The second-order valence-electron chi connectivity index (χ2n) is 5.22. The van der Waals surface area contributed by atoms with E-state index in [1.807, 2.05) is 0 Å². The maximum Gasteiger partial charge on any atom is 0.123 e. The summed E-state index contributed by atoms with van der Waals surface area (Å²) < 4.78 is 0. The molecule has 1 aromatic carbocycles. The highest BCUT2D eigenvalue weighted by molar-refractivity contribution is 6.30. The lowest BCUT2D eigenvalue weighted by Crippen LogP contribution is -2.32. The molecule has 0 aliphatic heterocycles. The van der Waals surface area contributed by atoms with Crippen molar-refractivity contribution in [3.8, 4) is 5.75 Å². The summed E-state index contributed by atoms with van der Waals surface area (Å²) in [4.78, 5) is 0. The average Bonchev–Trinajstić information content (AvgIpc) is 2.85. The van der Waals surface area contributed by atoms with Crippen molar-refractivity contribution in [1.82, 2.24) is 0 Å². The molecule has 1 aliphatic rings. The van der Waals surface area contributed by atoms with Gasteiger partial charge in [0.2, 0.25) is 0 Å². The zero-order valence-corrected chi connectivity index (χ0v) is 12.5. The van der Waals surface area contributed by atoms with Gasteiger partial charge in [0, 0.05) is 10.6 Å². The maximum atomic E-state index is 10.3. The van der Waals surface area contributed by atoms with Gasteiger partial charge in [-0.3, -0.25) is 0 Å². The van der Waals surface area contributed by atoms with Crippen molar-refractivity contribution in [1.29, 1.82) is 0 Å². The van der Waals surface area contributed by atoms with E-state index in [1.165, 1.54) is 0 Å². The quantitative estimate of drug-likeness (QED) is 0.802. The number of rotatable bonds is 3. The highest BCUT2D eigenvalue weighted by Gasteiger charge is 2.30. The molecule has 2 atom stereocenters. The number of phenolic OH excluding ortho intramolecular Hbond substituents is 1. The number of halogens is 2. The summed E-state index contributed by atoms with van der Waals surface area (Å²) in [7, 11) is 0. The molecule has 4 N–H and O–H groups in total. The first-order valence-corrected chi connectivity index (χ1v) is 6.81. The van der Waals surface area contributed by atoms with Crippen LogP contribution in [-0.4, -0.2) is 16.3 Å². The van der Waals surface area contributed by atoms with E-state index in [1.54, 1.807) is 19.1 Å². The van der Waals surface area contributed by atoms with Crippen molar-refractivity contribution >= 4 is 24.0 Å². The Kier molecular flexibility index (Phi) is 5.93. The molecule has 0 radical (unpaired) electrons. The van der Waals surface area contributed by atoms with Gasteiger partial charge in [-0.05, 0) is 43.4 Å². The Morgan fingerprint density at radius 2 is 1.89 bits per heavy atom. The monoisotopic (exact) mass is 305 g/mol. The van der Waals surface area contributed by atoms with Crippen LogP contribution in [0, 0.1) is 12.8 Å². The number of aryl methyl sites for hydroxylation is 1. The summed E-state index contributed by atoms with van der Waals surface area (Å²) in [6, 6.07) is 2.76. The van der Waals surface area contributed by atoms with Crippen LogP contribution in [0.5, 0.6) is 5.75 Å². The van der Waals surface area contributed by atoms with Crippen LogP contribution < -0.4 is 5.73 Å². The molecular formula is C14H21Cl2NO2. The molecule has 1 aliphatic carbocycles. The van der Waals surface area contributed by atoms with Crippen LogP contribution in [0.15, 0.2) is 12.1 Å². The third-order valence-corrected chi connectivity index (χ3v) is 4.12. The first-order valence-electron chi connectivity index (χ1n) is 6.43. The molecule has 0 spiro atoms. The summed E-state index contributed by atoms with van der Waals surface area (Å²) in [6.07, 6.45) is 3.70. The van der Waals surface area contributed by atoms with Crippen molar-refractivity contribution < 1.29 is 10.2 Å². The highest BCUT2D eigenvalue weighted by Crippen LogP contribution is 2.37. The van der Waals surface area contributed by atoms with Gasteiger partial charge in [0.15, 0.2) is 0 Å². The van der Waals surface area contributed by atoms with Gasteiger partial charge in [-0.15, -0.1) is 12.4 Å². The van der Waals surface area contributed by atoms with Gasteiger partial charge < -0.3 is 15.9 Å². The van der Waals surface area contributed by atoms with Crippen molar-refractivity contribution in [2.24, 2.45) is 11.7 Å². The first-order chi connectivity index (χ1) is 8.50. The lowest BCUT2D eigenvalue weighted by Gasteiger charge is -2.25. The molecule has 1 saturated carbocycles. The van der Waals surface area contributed by atoms with Crippen LogP contribution in [-0.2, 0) is 0 Å². The van der Waals surface area contributed by atoms with E-state index >= 15 is 0 Å². The Morgan fingerprint density at radius 1 is 1.32 bits per heavy atom. The smallest absolute Gasteiger partial charge is 0.123 e. The maximum absolute atomic E-state index is 10.3. The van der Waals surface area contributed by atoms with Gasteiger partial charge in [-0.1, -0.05) is 24.4 Å². The van der Waals surface area contributed by atoms with Gasteiger partial charge in [0.1, 0.15) is 5.75 Å².